The Morgan fingerprint density at radius 3 is 2.80 bits per heavy atom. The standard InChI is InChI=1S/C17H21FO2/c1-12-5-7-15(10-13(12)2)20-17-11-14(4-3-9-19)6-8-16(17)18/h6,8,11-13,15,19H,5,7,9-10H2,1-2H3. The summed E-state index contributed by atoms with van der Waals surface area (Å²) < 4.78 is 19.6. The number of ether oxygens (including phenoxy) is 1. The van der Waals surface area contributed by atoms with Crippen LogP contribution in [0.4, 0.5) is 4.39 Å². The first kappa shape index (κ1) is 14.9. The summed E-state index contributed by atoms with van der Waals surface area (Å²) in [5.41, 5.74) is 0.660. The second-order valence-electron chi connectivity index (χ2n) is 5.61. The molecule has 108 valence electrons. The lowest BCUT2D eigenvalue weighted by Crippen LogP contribution is -2.29. The summed E-state index contributed by atoms with van der Waals surface area (Å²) in [4.78, 5) is 0. The number of benzene rings is 1. The van der Waals surface area contributed by atoms with Gasteiger partial charge in [0.15, 0.2) is 11.6 Å². The molecule has 0 amide bonds. The first-order valence-electron chi connectivity index (χ1n) is 7.16. The highest BCUT2D eigenvalue weighted by atomic mass is 19.1. The van der Waals surface area contributed by atoms with Crippen molar-refractivity contribution < 1.29 is 14.2 Å². The zero-order chi connectivity index (χ0) is 14.5. The van der Waals surface area contributed by atoms with E-state index < -0.39 is 0 Å². The van der Waals surface area contributed by atoms with Gasteiger partial charge in [-0.2, -0.15) is 0 Å². The lowest BCUT2D eigenvalue weighted by molar-refractivity contribution is 0.0968. The van der Waals surface area contributed by atoms with Crippen molar-refractivity contribution >= 4 is 0 Å². The lowest BCUT2D eigenvalue weighted by Gasteiger charge is -2.32. The fourth-order valence-corrected chi connectivity index (χ4v) is 2.60. The van der Waals surface area contributed by atoms with Gasteiger partial charge in [0.25, 0.3) is 0 Å². The van der Waals surface area contributed by atoms with Gasteiger partial charge in [0, 0.05) is 5.56 Å². The molecule has 2 rings (SSSR count). The summed E-state index contributed by atoms with van der Waals surface area (Å²) in [5.74, 6) is 6.55. The SMILES string of the molecule is CC1CCC(Oc2cc(C#CCO)ccc2F)CC1C. The van der Waals surface area contributed by atoms with E-state index in [2.05, 4.69) is 25.7 Å². The second kappa shape index (κ2) is 6.76. The zero-order valence-corrected chi connectivity index (χ0v) is 12.0. The second-order valence-corrected chi connectivity index (χ2v) is 5.61. The van der Waals surface area contributed by atoms with Crippen LogP contribution < -0.4 is 4.74 Å². The van der Waals surface area contributed by atoms with Crippen LogP contribution in [-0.2, 0) is 0 Å². The third kappa shape index (κ3) is 3.74. The number of rotatable bonds is 2. The van der Waals surface area contributed by atoms with Crippen LogP contribution in [0, 0.1) is 29.5 Å². The van der Waals surface area contributed by atoms with Crippen LogP contribution in [0.1, 0.15) is 38.7 Å². The summed E-state index contributed by atoms with van der Waals surface area (Å²) in [6, 6.07) is 4.57. The molecule has 0 aliphatic heterocycles. The van der Waals surface area contributed by atoms with E-state index in [1.54, 1.807) is 12.1 Å². The van der Waals surface area contributed by atoms with Crippen molar-refractivity contribution in [2.75, 3.05) is 6.61 Å². The fourth-order valence-electron chi connectivity index (χ4n) is 2.60. The maximum Gasteiger partial charge on any atom is 0.165 e. The number of aliphatic hydroxyl groups excluding tert-OH is 1. The molecule has 1 aliphatic rings. The Balaban J connectivity index is 2.08. The molecule has 3 unspecified atom stereocenters. The zero-order valence-electron chi connectivity index (χ0n) is 12.0. The van der Waals surface area contributed by atoms with E-state index in [4.69, 9.17) is 9.84 Å². The molecule has 1 N–H and O–H groups in total. The van der Waals surface area contributed by atoms with Crippen molar-refractivity contribution in [3.63, 3.8) is 0 Å². The molecule has 3 atom stereocenters. The van der Waals surface area contributed by atoms with Crippen LogP contribution in [0.5, 0.6) is 5.75 Å². The molecule has 0 radical (unpaired) electrons. The van der Waals surface area contributed by atoms with Crippen LogP contribution in [0.2, 0.25) is 0 Å². The molecular weight excluding hydrogens is 255 g/mol. The van der Waals surface area contributed by atoms with Gasteiger partial charge in [0.05, 0.1) is 6.10 Å². The Morgan fingerprint density at radius 1 is 1.30 bits per heavy atom. The van der Waals surface area contributed by atoms with Crippen molar-refractivity contribution in [1.82, 2.24) is 0 Å². The van der Waals surface area contributed by atoms with Crippen molar-refractivity contribution in [3.8, 4) is 17.6 Å². The van der Waals surface area contributed by atoms with Gasteiger partial charge in [-0.1, -0.05) is 25.7 Å². The van der Waals surface area contributed by atoms with Crippen molar-refractivity contribution in [2.45, 2.75) is 39.2 Å². The van der Waals surface area contributed by atoms with E-state index in [0.717, 1.165) is 19.3 Å². The summed E-state index contributed by atoms with van der Waals surface area (Å²) in [6.07, 6.45) is 3.14. The fraction of sp³-hybridized carbons (Fsp3) is 0.529. The highest BCUT2D eigenvalue weighted by Crippen LogP contribution is 2.32. The van der Waals surface area contributed by atoms with Gasteiger partial charge in [-0.15, -0.1) is 0 Å². The molecule has 0 aromatic heterocycles. The molecular formula is C17H21FO2. The Kier molecular flexibility index (Phi) is 5.03. The van der Waals surface area contributed by atoms with E-state index in [0.29, 0.717) is 17.4 Å². The minimum absolute atomic E-state index is 0.0803. The van der Waals surface area contributed by atoms with Gasteiger partial charge >= 0.3 is 0 Å². The number of aliphatic hydroxyl groups is 1. The minimum Gasteiger partial charge on any atom is -0.487 e. The van der Waals surface area contributed by atoms with Crippen molar-refractivity contribution in [1.29, 1.82) is 0 Å². The molecule has 1 fully saturated rings. The molecule has 3 heteroatoms. The smallest absolute Gasteiger partial charge is 0.165 e. The molecule has 0 saturated heterocycles. The van der Waals surface area contributed by atoms with Crippen LogP contribution in [0.25, 0.3) is 0 Å². The lowest BCUT2D eigenvalue weighted by atomic mass is 9.80. The maximum atomic E-state index is 13.8. The quantitative estimate of drug-likeness (QED) is 0.839. The highest BCUT2D eigenvalue weighted by Gasteiger charge is 2.26. The van der Waals surface area contributed by atoms with Gasteiger partial charge in [-0.05, 0) is 49.3 Å². The number of hydrogen-bond donors (Lipinski definition) is 1. The Morgan fingerprint density at radius 2 is 2.10 bits per heavy atom. The highest BCUT2D eigenvalue weighted by molar-refractivity contribution is 5.40. The van der Waals surface area contributed by atoms with Crippen LogP contribution in [0.15, 0.2) is 18.2 Å². The molecule has 1 aromatic rings. The van der Waals surface area contributed by atoms with E-state index in [9.17, 15) is 4.39 Å². The summed E-state index contributed by atoms with van der Waals surface area (Å²) >= 11 is 0. The predicted molar refractivity (Wildman–Crippen MR) is 77.0 cm³/mol. The summed E-state index contributed by atoms with van der Waals surface area (Å²) in [6.45, 7) is 4.28. The van der Waals surface area contributed by atoms with E-state index >= 15 is 0 Å². The third-order valence-corrected chi connectivity index (χ3v) is 4.09. The summed E-state index contributed by atoms with van der Waals surface area (Å²) in [7, 11) is 0. The molecule has 0 spiro atoms. The van der Waals surface area contributed by atoms with Crippen molar-refractivity contribution in [2.24, 2.45) is 11.8 Å². The minimum atomic E-state index is -0.356. The van der Waals surface area contributed by atoms with Crippen molar-refractivity contribution in [3.05, 3.63) is 29.6 Å². The van der Waals surface area contributed by atoms with Crippen LogP contribution in [-0.4, -0.2) is 17.8 Å². The normalized spacial score (nSPS) is 25.7. The molecule has 0 heterocycles. The van der Waals surface area contributed by atoms with Crippen LogP contribution in [0.3, 0.4) is 0 Å². The van der Waals surface area contributed by atoms with Gasteiger partial charge in [-0.25, -0.2) is 4.39 Å². The Labute approximate surface area is 120 Å². The van der Waals surface area contributed by atoms with E-state index in [1.165, 1.54) is 6.07 Å². The first-order valence-corrected chi connectivity index (χ1v) is 7.16. The largest absolute Gasteiger partial charge is 0.487 e. The number of halogens is 1. The van der Waals surface area contributed by atoms with E-state index in [-0.39, 0.29) is 24.3 Å². The average molecular weight is 276 g/mol. The third-order valence-electron chi connectivity index (χ3n) is 4.09. The van der Waals surface area contributed by atoms with E-state index in [1.807, 2.05) is 0 Å². The predicted octanol–water partition coefficient (Wildman–Crippen LogP) is 3.37. The molecule has 0 bridgehead atoms. The summed E-state index contributed by atoms with van der Waals surface area (Å²) in [5, 5.41) is 8.69. The first-order chi connectivity index (χ1) is 9.60. The molecule has 1 saturated carbocycles. The topological polar surface area (TPSA) is 29.5 Å². The number of hydrogen-bond acceptors (Lipinski definition) is 2. The van der Waals surface area contributed by atoms with Gasteiger partial charge in [0.1, 0.15) is 6.61 Å². The van der Waals surface area contributed by atoms with Crippen LogP contribution >= 0.6 is 0 Å². The van der Waals surface area contributed by atoms with Gasteiger partial charge in [-0.3, -0.25) is 0 Å². The molecule has 2 nitrogen and oxygen atoms in total. The molecule has 20 heavy (non-hydrogen) atoms. The monoisotopic (exact) mass is 276 g/mol. The average Bonchev–Trinajstić information content (AvgIpc) is 2.44. The molecule has 1 aromatic carbocycles. The Hall–Kier alpha value is -1.53. The van der Waals surface area contributed by atoms with Gasteiger partial charge in [0.2, 0.25) is 0 Å². The molecule has 1 aliphatic carbocycles. The maximum absolute atomic E-state index is 13.8. The van der Waals surface area contributed by atoms with Gasteiger partial charge < -0.3 is 9.84 Å². The Bertz CT molecular complexity index is 515.